The van der Waals surface area contributed by atoms with E-state index < -0.39 is 12.2 Å². The fourth-order valence-electron chi connectivity index (χ4n) is 3.51. The van der Waals surface area contributed by atoms with E-state index in [0.29, 0.717) is 18.1 Å². The maximum absolute atomic E-state index is 11.9. The Balaban J connectivity index is 1.65. The molecule has 4 fully saturated rings. The van der Waals surface area contributed by atoms with Crippen LogP contribution >= 0.6 is 12.2 Å². The van der Waals surface area contributed by atoms with Gasteiger partial charge in [-0.2, -0.15) is 0 Å². The molecular formula is C13H14N2O4S. The molecule has 5 rings (SSSR count). The maximum Gasteiger partial charge on any atom is 0.311 e. The standard InChI is InChI=1S/C13H14N2O4S/c16-8-4-7-10-9(11(8)19-12(7)17)14-13(20)15(10)5-6-2-1-3-18-6/h1-3,7-11,16H,4-5H2,(H,14,20)/t7-,8+,9+,10-,11-/m0/s1. The van der Waals surface area contributed by atoms with E-state index in [1.54, 1.807) is 6.26 Å². The number of hydrogen-bond acceptors (Lipinski definition) is 5. The molecule has 5 atom stereocenters. The third-order valence-corrected chi connectivity index (χ3v) is 4.73. The number of rotatable bonds is 2. The molecule has 0 amide bonds. The Morgan fingerprint density at radius 1 is 1.55 bits per heavy atom. The summed E-state index contributed by atoms with van der Waals surface area (Å²) in [5, 5.41) is 13.8. The van der Waals surface area contributed by atoms with Crippen molar-refractivity contribution < 1.29 is 19.1 Å². The Bertz CT molecular complexity index is 561. The van der Waals surface area contributed by atoms with Gasteiger partial charge in [0, 0.05) is 0 Å². The van der Waals surface area contributed by atoms with Crippen LogP contribution in [0.15, 0.2) is 22.8 Å². The number of carbonyl (C=O) groups excluding carboxylic acids is 1. The molecule has 3 aliphatic heterocycles. The number of carbonyl (C=O) groups is 1. The summed E-state index contributed by atoms with van der Waals surface area (Å²) in [6, 6.07) is 3.50. The summed E-state index contributed by atoms with van der Waals surface area (Å²) in [5.41, 5.74) is 0. The summed E-state index contributed by atoms with van der Waals surface area (Å²) in [6.45, 7) is 0.520. The SMILES string of the molecule is O=C1O[C@@H]2[C@@H]3NC(=S)N(Cc4ccco4)[C@H]3[C@@H]1C[C@H]2O. The van der Waals surface area contributed by atoms with Gasteiger partial charge in [0.1, 0.15) is 11.9 Å². The van der Waals surface area contributed by atoms with Crippen LogP contribution in [-0.4, -0.2) is 45.4 Å². The number of fused-ring (bicyclic) bond motifs is 2. The first-order valence-electron chi connectivity index (χ1n) is 6.63. The largest absolute Gasteiger partial charge is 0.467 e. The minimum Gasteiger partial charge on any atom is -0.467 e. The molecule has 0 spiro atoms. The van der Waals surface area contributed by atoms with Crippen molar-refractivity contribution in [3.05, 3.63) is 24.2 Å². The first-order valence-corrected chi connectivity index (χ1v) is 7.04. The Hall–Kier alpha value is -1.60. The number of aliphatic hydroxyl groups is 1. The predicted octanol–water partition coefficient (Wildman–Crippen LogP) is 0.0131. The molecule has 7 heteroatoms. The van der Waals surface area contributed by atoms with Gasteiger partial charge in [-0.25, -0.2) is 0 Å². The molecule has 4 heterocycles. The molecule has 2 N–H and O–H groups in total. The average molecular weight is 294 g/mol. The van der Waals surface area contributed by atoms with Crippen molar-refractivity contribution in [3.8, 4) is 0 Å². The molecule has 1 aliphatic carbocycles. The van der Waals surface area contributed by atoms with Crippen LogP contribution in [-0.2, 0) is 16.1 Å². The minimum absolute atomic E-state index is 0.0674. The van der Waals surface area contributed by atoms with Crippen molar-refractivity contribution in [3.63, 3.8) is 0 Å². The van der Waals surface area contributed by atoms with Crippen LogP contribution < -0.4 is 5.32 Å². The molecule has 3 saturated heterocycles. The second kappa shape index (κ2) is 4.20. The summed E-state index contributed by atoms with van der Waals surface area (Å²) in [5.74, 6) is 0.213. The summed E-state index contributed by atoms with van der Waals surface area (Å²) < 4.78 is 10.6. The van der Waals surface area contributed by atoms with Gasteiger partial charge in [-0.1, -0.05) is 0 Å². The lowest BCUT2D eigenvalue weighted by Crippen LogP contribution is -2.65. The highest BCUT2D eigenvalue weighted by Gasteiger charge is 2.59. The Labute approximate surface area is 120 Å². The molecule has 6 nitrogen and oxygen atoms in total. The molecule has 0 unspecified atom stereocenters. The summed E-state index contributed by atoms with van der Waals surface area (Å²) >= 11 is 5.36. The zero-order chi connectivity index (χ0) is 13.9. The molecule has 4 aliphatic rings. The Morgan fingerprint density at radius 2 is 2.40 bits per heavy atom. The fraction of sp³-hybridized carbons (Fsp3) is 0.538. The second-order valence-electron chi connectivity index (χ2n) is 5.48. The molecule has 1 aromatic rings. The number of thiocarbonyl (C=S) groups is 1. The van der Waals surface area contributed by atoms with Crippen LogP contribution in [0.3, 0.4) is 0 Å². The van der Waals surface area contributed by atoms with Crippen molar-refractivity contribution in [1.82, 2.24) is 10.2 Å². The van der Waals surface area contributed by atoms with Crippen molar-refractivity contribution in [2.45, 2.75) is 37.3 Å². The summed E-state index contributed by atoms with van der Waals surface area (Å²) in [7, 11) is 0. The normalized spacial score (nSPS) is 38.6. The zero-order valence-electron chi connectivity index (χ0n) is 10.6. The topological polar surface area (TPSA) is 74.9 Å². The van der Waals surface area contributed by atoms with Gasteiger partial charge in [0.05, 0.1) is 36.9 Å². The zero-order valence-corrected chi connectivity index (χ0v) is 11.4. The molecule has 1 saturated carbocycles. The van der Waals surface area contributed by atoms with Gasteiger partial charge in [-0.15, -0.1) is 0 Å². The Kier molecular flexibility index (Phi) is 2.55. The van der Waals surface area contributed by atoms with Crippen LogP contribution in [0.4, 0.5) is 0 Å². The number of ether oxygens (including phenoxy) is 1. The second-order valence-corrected chi connectivity index (χ2v) is 5.87. The Morgan fingerprint density at radius 3 is 3.15 bits per heavy atom. The lowest BCUT2D eigenvalue weighted by atomic mass is 9.75. The molecule has 1 aromatic heterocycles. The van der Waals surface area contributed by atoms with Crippen LogP contribution in [0.2, 0.25) is 0 Å². The highest BCUT2D eigenvalue weighted by Crippen LogP contribution is 2.40. The predicted molar refractivity (Wildman–Crippen MR) is 71.6 cm³/mol. The van der Waals surface area contributed by atoms with Crippen LogP contribution in [0, 0.1) is 5.92 Å². The van der Waals surface area contributed by atoms with Gasteiger partial charge >= 0.3 is 5.97 Å². The summed E-state index contributed by atoms with van der Waals surface area (Å²) in [6.07, 6.45) is 0.920. The molecule has 106 valence electrons. The van der Waals surface area contributed by atoms with Gasteiger partial charge < -0.3 is 24.5 Å². The lowest BCUT2D eigenvalue weighted by Gasteiger charge is -2.47. The molecule has 20 heavy (non-hydrogen) atoms. The van der Waals surface area contributed by atoms with E-state index in [4.69, 9.17) is 21.4 Å². The minimum atomic E-state index is -0.613. The number of aliphatic hydroxyl groups excluding tert-OH is 1. The van der Waals surface area contributed by atoms with E-state index in [2.05, 4.69) is 5.32 Å². The van der Waals surface area contributed by atoms with Crippen molar-refractivity contribution in [1.29, 1.82) is 0 Å². The van der Waals surface area contributed by atoms with Crippen LogP contribution in [0.1, 0.15) is 12.2 Å². The number of esters is 1. The molecule has 2 bridgehead atoms. The quantitative estimate of drug-likeness (QED) is 0.588. The lowest BCUT2D eigenvalue weighted by molar-refractivity contribution is -0.193. The number of nitrogens with zero attached hydrogens (tertiary/aromatic N) is 1. The fourth-order valence-corrected chi connectivity index (χ4v) is 3.84. The van der Waals surface area contributed by atoms with Gasteiger partial charge in [0.25, 0.3) is 0 Å². The van der Waals surface area contributed by atoms with E-state index in [-0.39, 0.29) is 24.0 Å². The third-order valence-electron chi connectivity index (χ3n) is 4.38. The number of furan rings is 1. The van der Waals surface area contributed by atoms with Crippen LogP contribution in [0.5, 0.6) is 0 Å². The monoisotopic (exact) mass is 294 g/mol. The average Bonchev–Trinajstić information content (AvgIpc) is 3.02. The first-order chi connectivity index (χ1) is 9.65. The van der Waals surface area contributed by atoms with Gasteiger partial charge in [-0.05, 0) is 30.8 Å². The van der Waals surface area contributed by atoms with E-state index in [1.165, 1.54) is 0 Å². The van der Waals surface area contributed by atoms with E-state index >= 15 is 0 Å². The van der Waals surface area contributed by atoms with Crippen molar-refractivity contribution in [2.75, 3.05) is 0 Å². The summed E-state index contributed by atoms with van der Waals surface area (Å²) in [4.78, 5) is 13.9. The van der Waals surface area contributed by atoms with Crippen LogP contribution in [0.25, 0.3) is 0 Å². The van der Waals surface area contributed by atoms with E-state index in [0.717, 1.165) is 5.76 Å². The van der Waals surface area contributed by atoms with E-state index in [9.17, 15) is 9.90 Å². The number of hydrogen-bond donors (Lipinski definition) is 2. The highest BCUT2D eigenvalue weighted by atomic mass is 32.1. The number of nitrogens with one attached hydrogen (secondary N) is 1. The van der Waals surface area contributed by atoms with Crippen molar-refractivity contribution in [2.24, 2.45) is 5.92 Å². The molecule has 0 radical (unpaired) electrons. The highest BCUT2D eigenvalue weighted by molar-refractivity contribution is 7.80. The maximum atomic E-state index is 11.9. The molecular weight excluding hydrogens is 280 g/mol. The van der Waals surface area contributed by atoms with E-state index in [1.807, 2.05) is 17.0 Å². The van der Waals surface area contributed by atoms with Gasteiger partial charge in [0.2, 0.25) is 0 Å². The van der Waals surface area contributed by atoms with Crippen molar-refractivity contribution >= 4 is 23.3 Å². The first kappa shape index (κ1) is 12.2. The molecule has 0 aromatic carbocycles. The van der Waals surface area contributed by atoms with Gasteiger partial charge in [0.15, 0.2) is 5.11 Å². The van der Waals surface area contributed by atoms with Gasteiger partial charge in [-0.3, -0.25) is 4.79 Å². The third kappa shape index (κ3) is 1.59. The smallest absolute Gasteiger partial charge is 0.311 e.